The van der Waals surface area contributed by atoms with Crippen LogP contribution in [0.4, 0.5) is 4.39 Å². The van der Waals surface area contributed by atoms with Crippen LogP contribution < -0.4 is 5.32 Å². The van der Waals surface area contributed by atoms with Crippen LogP contribution in [0.25, 0.3) is 0 Å². The summed E-state index contributed by atoms with van der Waals surface area (Å²) < 4.78 is 12.9. The summed E-state index contributed by atoms with van der Waals surface area (Å²) in [4.78, 5) is 26.5. The van der Waals surface area contributed by atoms with E-state index in [-0.39, 0.29) is 31.3 Å². The molecule has 2 atom stereocenters. The third-order valence-electron chi connectivity index (χ3n) is 3.14. The van der Waals surface area contributed by atoms with Gasteiger partial charge in [-0.3, -0.25) is 9.59 Å². The van der Waals surface area contributed by atoms with Gasteiger partial charge in [-0.1, -0.05) is 0 Å². The molecule has 2 aliphatic rings. The molecule has 5 nitrogen and oxygen atoms in total. The molecule has 0 aromatic heterocycles. The van der Waals surface area contributed by atoms with E-state index < -0.39 is 12.2 Å². The van der Waals surface area contributed by atoms with Gasteiger partial charge in [-0.15, -0.1) is 0 Å². The van der Waals surface area contributed by atoms with E-state index in [9.17, 15) is 14.0 Å². The fourth-order valence-electron chi connectivity index (χ4n) is 2.05. The smallest absolute Gasteiger partial charge is 0.241 e. The van der Waals surface area contributed by atoms with E-state index in [2.05, 4.69) is 5.32 Å². The highest BCUT2D eigenvalue weighted by molar-refractivity contribution is 5.88. The van der Waals surface area contributed by atoms with Crippen LogP contribution in [0.5, 0.6) is 0 Å². The maximum Gasteiger partial charge on any atom is 0.241 e. The average molecular weight is 229 g/mol. The van der Waals surface area contributed by atoms with Crippen LogP contribution in [0.15, 0.2) is 0 Å². The van der Waals surface area contributed by atoms with Gasteiger partial charge in [0.15, 0.2) is 0 Å². The molecule has 0 unspecified atom stereocenters. The van der Waals surface area contributed by atoms with E-state index in [1.165, 1.54) is 4.90 Å². The summed E-state index contributed by atoms with van der Waals surface area (Å²) in [6, 6.07) is -0.453. The summed E-state index contributed by atoms with van der Waals surface area (Å²) in [5, 5.41) is 2.84. The van der Waals surface area contributed by atoms with Gasteiger partial charge in [-0.05, 0) is 0 Å². The van der Waals surface area contributed by atoms with Crippen LogP contribution in [0.2, 0.25) is 0 Å². The zero-order valence-electron chi connectivity index (χ0n) is 9.28. The summed E-state index contributed by atoms with van der Waals surface area (Å²) in [7, 11) is 1.72. The second-order valence-corrected chi connectivity index (χ2v) is 4.37. The minimum Gasteiger partial charge on any atom is -0.342 e. The average Bonchev–Trinajstić information content (AvgIpc) is 2.68. The fourth-order valence-corrected chi connectivity index (χ4v) is 2.05. The largest absolute Gasteiger partial charge is 0.342 e. The number of rotatable bonds is 1. The van der Waals surface area contributed by atoms with Crippen LogP contribution in [0.1, 0.15) is 6.42 Å². The van der Waals surface area contributed by atoms with Crippen molar-refractivity contribution in [1.82, 2.24) is 15.1 Å². The topological polar surface area (TPSA) is 52.6 Å². The molecule has 0 aromatic rings. The van der Waals surface area contributed by atoms with Gasteiger partial charge in [0.1, 0.15) is 6.17 Å². The third kappa shape index (κ3) is 2.16. The van der Waals surface area contributed by atoms with Crippen molar-refractivity contribution in [2.45, 2.75) is 18.6 Å². The Hall–Kier alpha value is -1.17. The maximum atomic E-state index is 12.9. The summed E-state index contributed by atoms with van der Waals surface area (Å²) in [6.07, 6.45) is -0.726. The summed E-state index contributed by atoms with van der Waals surface area (Å²) >= 11 is 0. The molecule has 0 bridgehead atoms. The van der Waals surface area contributed by atoms with Crippen molar-refractivity contribution in [3.8, 4) is 0 Å². The number of alkyl halides is 1. The van der Waals surface area contributed by atoms with Crippen LogP contribution >= 0.6 is 0 Å². The number of hydrogen-bond donors (Lipinski definition) is 1. The van der Waals surface area contributed by atoms with E-state index in [4.69, 9.17) is 0 Å². The lowest BCUT2D eigenvalue weighted by atomic mass is 10.1. The van der Waals surface area contributed by atoms with Gasteiger partial charge < -0.3 is 15.1 Å². The van der Waals surface area contributed by atoms with Crippen molar-refractivity contribution in [2.75, 3.05) is 33.2 Å². The number of carbonyl (C=O) groups is 2. The lowest BCUT2D eigenvalue weighted by Crippen LogP contribution is -2.54. The van der Waals surface area contributed by atoms with Gasteiger partial charge in [0.25, 0.3) is 0 Å². The van der Waals surface area contributed by atoms with Crippen molar-refractivity contribution in [3.05, 3.63) is 0 Å². The number of nitrogens with one attached hydrogen (secondary N) is 1. The molecule has 2 rings (SSSR count). The maximum absolute atomic E-state index is 12.9. The number of nitrogens with zero attached hydrogens (tertiary/aromatic N) is 2. The van der Waals surface area contributed by atoms with Gasteiger partial charge in [0, 0.05) is 33.1 Å². The van der Waals surface area contributed by atoms with Crippen LogP contribution in [0, 0.1) is 0 Å². The van der Waals surface area contributed by atoms with Gasteiger partial charge in [0.05, 0.1) is 12.6 Å². The third-order valence-corrected chi connectivity index (χ3v) is 3.14. The van der Waals surface area contributed by atoms with Crippen LogP contribution in [0.3, 0.4) is 0 Å². The molecular formula is C10H16FN3O2. The minimum absolute atomic E-state index is 0.0607. The zero-order chi connectivity index (χ0) is 11.7. The quantitative estimate of drug-likeness (QED) is 0.626. The first-order chi connectivity index (χ1) is 7.58. The van der Waals surface area contributed by atoms with Crippen molar-refractivity contribution in [3.63, 3.8) is 0 Å². The fraction of sp³-hybridized carbons (Fsp3) is 0.800. The number of piperazine rings is 1. The molecule has 0 radical (unpaired) electrons. The summed E-state index contributed by atoms with van der Waals surface area (Å²) in [5.74, 6) is -0.212. The lowest BCUT2D eigenvalue weighted by molar-refractivity contribution is -0.145. The van der Waals surface area contributed by atoms with E-state index in [1.54, 1.807) is 11.9 Å². The molecule has 2 saturated heterocycles. The number of likely N-dealkylation sites (N-methyl/N-ethyl adjacent to an activating group) is 1. The number of halogens is 1. The predicted octanol–water partition coefficient (Wildman–Crippen LogP) is -1.01. The molecule has 0 aromatic carbocycles. The first-order valence-corrected chi connectivity index (χ1v) is 5.48. The number of carbonyl (C=O) groups excluding carboxylic acids is 2. The molecule has 16 heavy (non-hydrogen) atoms. The van der Waals surface area contributed by atoms with Crippen LogP contribution in [-0.2, 0) is 9.59 Å². The van der Waals surface area contributed by atoms with Crippen molar-refractivity contribution in [2.24, 2.45) is 0 Å². The molecule has 1 N–H and O–H groups in total. The van der Waals surface area contributed by atoms with Gasteiger partial charge >= 0.3 is 0 Å². The SMILES string of the molecule is CN1CCN(C(=O)[C@H]2C[C@H](F)CN2)CC1=O. The second kappa shape index (κ2) is 4.37. The standard InChI is InChI=1S/C10H16FN3O2/c1-13-2-3-14(6-9(13)15)10(16)8-4-7(11)5-12-8/h7-8,12H,2-6H2,1H3/t7-,8+/m0/s1. The zero-order valence-corrected chi connectivity index (χ0v) is 9.28. The van der Waals surface area contributed by atoms with Crippen molar-refractivity contribution >= 4 is 11.8 Å². The van der Waals surface area contributed by atoms with E-state index in [0.29, 0.717) is 13.1 Å². The molecule has 0 spiro atoms. The summed E-state index contributed by atoms with van der Waals surface area (Å²) in [5.41, 5.74) is 0. The van der Waals surface area contributed by atoms with Gasteiger partial charge in [-0.25, -0.2) is 4.39 Å². The monoisotopic (exact) mass is 229 g/mol. The Kier molecular flexibility index (Phi) is 3.09. The number of amides is 2. The highest BCUT2D eigenvalue weighted by Gasteiger charge is 2.34. The molecule has 2 amide bonds. The van der Waals surface area contributed by atoms with Crippen molar-refractivity contribution in [1.29, 1.82) is 0 Å². The van der Waals surface area contributed by atoms with Gasteiger partial charge in [0.2, 0.25) is 11.8 Å². The van der Waals surface area contributed by atoms with Crippen LogP contribution in [-0.4, -0.2) is 67.1 Å². The Labute approximate surface area is 93.6 Å². The highest BCUT2D eigenvalue weighted by atomic mass is 19.1. The molecular weight excluding hydrogens is 213 g/mol. The first-order valence-electron chi connectivity index (χ1n) is 5.48. The van der Waals surface area contributed by atoms with Gasteiger partial charge in [-0.2, -0.15) is 0 Å². The Balaban J connectivity index is 1.93. The number of hydrogen-bond acceptors (Lipinski definition) is 3. The van der Waals surface area contributed by atoms with E-state index >= 15 is 0 Å². The Morgan fingerprint density at radius 2 is 2.25 bits per heavy atom. The first kappa shape index (κ1) is 11.3. The van der Waals surface area contributed by atoms with Crippen molar-refractivity contribution < 1.29 is 14.0 Å². The molecule has 2 heterocycles. The molecule has 0 saturated carbocycles. The Morgan fingerprint density at radius 1 is 1.50 bits per heavy atom. The predicted molar refractivity (Wildman–Crippen MR) is 55.5 cm³/mol. The van der Waals surface area contributed by atoms with E-state index in [1.807, 2.05) is 0 Å². The second-order valence-electron chi connectivity index (χ2n) is 4.37. The summed E-state index contributed by atoms with van der Waals surface area (Å²) in [6.45, 7) is 1.44. The molecule has 2 fully saturated rings. The molecule has 6 heteroatoms. The molecule has 90 valence electrons. The molecule has 0 aliphatic carbocycles. The normalized spacial score (nSPS) is 31.0. The molecule has 2 aliphatic heterocycles. The lowest BCUT2D eigenvalue weighted by Gasteiger charge is -2.33. The minimum atomic E-state index is -0.947. The highest BCUT2D eigenvalue weighted by Crippen LogP contribution is 2.13. The Morgan fingerprint density at radius 3 is 2.81 bits per heavy atom. The van der Waals surface area contributed by atoms with E-state index in [0.717, 1.165) is 0 Å². The Bertz CT molecular complexity index is 310.